The van der Waals surface area contributed by atoms with Gasteiger partial charge in [-0.25, -0.2) is 0 Å². The Morgan fingerprint density at radius 1 is 1.30 bits per heavy atom. The van der Waals surface area contributed by atoms with Gasteiger partial charge in [-0.2, -0.15) is 9.78 Å². The molecule has 23 heavy (non-hydrogen) atoms. The van der Waals surface area contributed by atoms with Gasteiger partial charge in [0.1, 0.15) is 0 Å². The number of nitrogens with zero attached hydrogens (tertiary/aromatic N) is 2. The molecule has 1 fully saturated rings. The Morgan fingerprint density at radius 3 is 2.74 bits per heavy atom. The number of hydrogen-bond donors (Lipinski definition) is 2. The smallest absolute Gasteiger partial charge is 0.275 e. The Morgan fingerprint density at radius 2 is 2.04 bits per heavy atom. The molecule has 0 saturated heterocycles. The summed E-state index contributed by atoms with van der Waals surface area (Å²) in [6.45, 7) is 1.91. The third-order valence-electron chi connectivity index (χ3n) is 4.06. The number of hydrogen-bond acceptors (Lipinski definition) is 4. The highest BCUT2D eigenvalue weighted by molar-refractivity contribution is 5.94. The number of aryl methyl sites for hydroxylation is 1. The van der Waals surface area contributed by atoms with Crippen LogP contribution < -0.4 is 10.9 Å². The molecule has 1 aromatic carbocycles. The second kappa shape index (κ2) is 6.24. The summed E-state index contributed by atoms with van der Waals surface area (Å²) < 4.78 is 1.14. The Hall–Kier alpha value is -2.63. The van der Waals surface area contributed by atoms with Crippen molar-refractivity contribution in [2.45, 2.75) is 38.6 Å². The van der Waals surface area contributed by atoms with E-state index in [1.165, 1.54) is 0 Å². The van der Waals surface area contributed by atoms with Gasteiger partial charge >= 0.3 is 0 Å². The number of aromatic hydroxyl groups is 1. The van der Waals surface area contributed by atoms with Gasteiger partial charge in [0, 0.05) is 12.1 Å². The summed E-state index contributed by atoms with van der Waals surface area (Å²) in [4.78, 5) is 24.4. The van der Waals surface area contributed by atoms with Gasteiger partial charge in [0.2, 0.25) is 0 Å². The third-order valence-corrected chi connectivity index (χ3v) is 4.06. The molecule has 1 aliphatic carbocycles. The zero-order valence-corrected chi connectivity index (χ0v) is 13.0. The van der Waals surface area contributed by atoms with E-state index in [9.17, 15) is 14.7 Å². The van der Waals surface area contributed by atoms with Crippen molar-refractivity contribution in [1.29, 1.82) is 0 Å². The molecule has 120 valence electrons. The summed E-state index contributed by atoms with van der Waals surface area (Å²) in [6.07, 6.45) is 4.05. The lowest BCUT2D eigenvalue weighted by Crippen LogP contribution is -2.35. The molecule has 6 heteroatoms. The van der Waals surface area contributed by atoms with E-state index in [-0.39, 0.29) is 11.7 Å². The van der Waals surface area contributed by atoms with E-state index < -0.39 is 17.2 Å². The molecule has 6 nitrogen and oxygen atoms in total. The fraction of sp³-hybridized carbons (Fsp3) is 0.353. The first-order valence-electron chi connectivity index (χ1n) is 7.76. The average molecular weight is 313 g/mol. The number of aromatic nitrogens is 2. The predicted molar refractivity (Wildman–Crippen MR) is 86.0 cm³/mol. The maximum Gasteiger partial charge on any atom is 0.275 e. The maximum atomic E-state index is 12.3. The van der Waals surface area contributed by atoms with E-state index in [0.29, 0.717) is 5.69 Å². The molecular weight excluding hydrogens is 294 g/mol. The van der Waals surface area contributed by atoms with E-state index in [2.05, 4.69) is 10.4 Å². The highest BCUT2D eigenvalue weighted by Crippen LogP contribution is 2.19. The van der Waals surface area contributed by atoms with E-state index in [1.54, 1.807) is 12.1 Å². The highest BCUT2D eigenvalue weighted by atomic mass is 16.3. The van der Waals surface area contributed by atoms with Crippen molar-refractivity contribution in [2.75, 3.05) is 0 Å². The van der Waals surface area contributed by atoms with Gasteiger partial charge < -0.3 is 10.4 Å². The monoisotopic (exact) mass is 313 g/mol. The normalized spacial score (nSPS) is 14.8. The Kier molecular flexibility index (Phi) is 4.14. The first kappa shape index (κ1) is 15.3. The van der Waals surface area contributed by atoms with E-state index in [4.69, 9.17) is 0 Å². The zero-order valence-electron chi connectivity index (χ0n) is 13.0. The van der Waals surface area contributed by atoms with Crippen LogP contribution in [0, 0.1) is 6.92 Å². The lowest BCUT2D eigenvalue weighted by molar-refractivity contribution is 0.0928. The van der Waals surface area contributed by atoms with Crippen LogP contribution in [0.2, 0.25) is 0 Å². The van der Waals surface area contributed by atoms with Crippen molar-refractivity contribution in [3.63, 3.8) is 0 Å². The van der Waals surface area contributed by atoms with Gasteiger partial charge in [-0.1, -0.05) is 25.0 Å². The predicted octanol–water partition coefficient (Wildman–Crippen LogP) is 1.92. The second-order valence-electron chi connectivity index (χ2n) is 5.92. The summed E-state index contributed by atoms with van der Waals surface area (Å²) in [6, 6.07) is 8.38. The fourth-order valence-corrected chi connectivity index (χ4v) is 2.88. The van der Waals surface area contributed by atoms with Crippen LogP contribution in [0.1, 0.15) is 41.7 Å². The molecule has 0 unspecified atom stereocenters. The number of carbonyl (C=O) groups is 1. The minimum Gasteiger partial charge on any atom is -0.505 e. The largest absolute Gasteiger partial charge is 0.505 e. The van der Waals surface area contributed by atoms with Gasteiger partial charge in [0.15, 0.2) is 11.4 Å². The van der Waals surface area contributed by atoms with Gasteiger partial charge in [-0.15, -0.1) is 0 Å². The van der Waals surface area contributed by atoms with Gasteiger partial charge in [0.05, 0.1) is 5.69 Å². The van der Waals surface area contributed by atoms with E-state index in [0.717, 1.165) is 42.0 Å². The molecule has 1 aliphatic rings. The SMILES string of the molecule is Cc1cccc(-n2nc(C(=O)NC3CCCC3)c(O)cc2=O)c1. The third kappa shape index (κ3) is 3.26. The summed E-state index contributed by atoms with van der Waals surface area (Å²) in [5.41, 5.74) is 0.926. The topological polar surface area (TPSA) is 84.2 Å². The molecule has 0 aliphatic heterocycles. The van der Waals surface area contributed by atoms with Crippen LogP contribution in [0.3, 0.4) is 0 Å². The van der Waals surface area contributed by atoms with Crippen LogP contribution in [0.15, 0.2) is 35.1 Å². The van der Waals surface area contributed by atoms with Crippen LogP contribution in [0.4, 0.5) is 0 Å². The molecule has 0 atom stereocenters. The van der Waals surface area contributed by atoms with Crippen LogP contribution in [0.25, 0.3) is 5.69 Å². The maximum absolute atomic E-state index is 12.3. The number of nitrogens with one attached hydrogen (secondary N) is 1. The summed E-state index contributed by atoms with van der Waals surface area (Å²) in [5, 5.41) is 16.9. The first-order valence-corrected chi connectivity index (χ1v) is 7.76. The van der Waals surface area contributed by atoms with E-state index in [1.807, 2.05) is 19.1 Å². The van der Waals surface area contributed by atoms with Crippen molar-refractivity contribution in [2.24, 2.45) is 0 Å². The zero-order chi connectivity index (χ0) is 16.4. The summed E-state index contributed by atoms with van der Waals surface area (Å²) in [7, 11) is 0. The molecule has 0 bridgehead atoms. The Balaban J connectivity index is 1.96. The summed E-state index contributed by atoms with van der Waals surface area (Å²) in [5.74, 6) is -0.842. The Labute approximate surface area is 133 Å². The first-order chi connectivity index (χ1) is 11.0. The summed E-state index contributed by atoms with van der Waals surface area (Å²) >= 11 is 0. The molecular formula is C17H19N3O3. The molecule has 1 amide bonds. The average Bonchev–Trinajstić information content (AvgIpc) is 3.00. The second-order valence-corrected chi connectivity index (χ2v) is 5.92. The van der Waals surface area contributed by atoms with Gasteiger partial charge in [0.25, 0.3) is 11.5 Å². The lowest BCUT2D eigenvalue weighted by atomic mass is 10.2. The van der Waals surface area contributed by atoms with Crippen LogP contribution in [-0.2, 0) is 0 Å². The number of amides is 1. The van der Waals surface area contributed by atoms with Gasteiger partial charge in [-0.3, -0.25) is 9.59 Å². The minimum absolute atomic E-state index is 0.114. The highest BCUT2D eigenvalue weighted by Gasteiger charge is 2.22. The standard InChI is InChI=1S/C17H19N3O3/c1-11-5-4-8-13(9-11)20-15(22)10-14(21)16(19-20)17(23)18-12-6-2-3-7-12/h4-5,8-10,12,21H,2-3,6-7H2,1H3,(H,18,23). The molecule has 2 aromatic rings. The van der Waals surface area contributed by atoms with Crippen LogP contribution in [0.5, 0.6) is 5.75 Å². The van der Waals surface area contributed by atoms with Gasteiger partial charge in [-0.05, 0) is 37.5 Å². The molecule has 0 radical (unpaired) electrons. The number of carbonyl (C=O) groups excluding carboxylic acids is 1. The van der Waals surface area contributed by atoms with Crippen LogP contribution >= 0.6 is 0 Å². The van der Waals surface area contributed by atoms with Crippen molar-refractivity contribution in [3.8, 4) is 11.4 Å². The molecule has 1 aromatic heterocycles. The van der Waals surface area contributed by atoms with Crippen molar-refractivity contribution >= 4 is 5.91 Å². The van der Waals surface area contributed by atoms with Crippen molar-refractivity contribution < 1.29 is 9.90 Å². The minimum atomic E-state index is -0.481. The molecule has 1 heterocycles. The fourth-order valence-electron chi connectivity index (χ4n) is 2.88. The molecule has 2 N–H and O–H groups in total. The quantitative estimate of drug-likeness (QED) is 0.906. The number of benzene rings is 1. The van der Waals surface area contributed by atoms with E-state index >= 15 is 0 Å². The number of rotatable bonds is 3. The lowest BCUT2D eigenvalue weighted by Gasteiger charge is -2.13. The molecule has 1 saturated carbocycles. The van der Waals surface area contributed by atoms with Crippen molar-refractivity contribution in [3.05, 3.63) is 51.9 Å². The molecule has 0 spiro atoms. The molecule has 3 rings (SSSR count). The van der Waals surface area contributed by atoms with Crippen LogP contribution in [-0.4, -0.2) is 26.8 Å². The van der Waals surface area contributed by atoms with Crippen molar-refractivity contribution in [1.82, 2.24) is 15.1 Å². The Bertz CT molecular complexity index is 792.